The van der Waals surface area contributed by atoms with Crippen LogP contribution in [0.5, 0.6) is 5.75 Å². The number of aromatic hydroxyl groups is 1. The van der Waals surface area contributed by atoms with Crippen LogP contribution in [0, 0.1) is 0 Å². The van der Waals surface area contributed by atoms with Crippen LogP contribution in [0.25, 0.3) is 6.08 Å². The summed E-state index contributed by atoms with van der Waals surface area (Å²) in [4.78, 5) is 12.0. The second-order valence-corrected chi connectivity index (χ2v) is 7.85. The summed E-state index contributed by atoms with van der Waals surface area (Å²) in [5, 5.41) is 19.2. The van der Waals surface area contributed by atoms with E-state index in [4.69, 9.17) is 11.6 Å². The Kier molecular flexibility index (Phi) is 6.10. The van der Waals surface area contributed by atoms with E-state index in [1.54, 1.807) is 18.2 Å². The number of phenols is 1. The van der Waals surface area contributed by atoms with Gasteiger partial charge in [-0.1, -0.05) is 23.7 Å². The molecule has 8 nitrogen and oxygen atoms in total. The van der Waals surface area contributed by atoms with Crippen molar-refractivity contribution >= 4 is 45.1 Å². The van der Waals surface area contributed by atoms with Crippen molar-refractivity contribution in [2.75, 3.05) is 10.0 Å². The first-order chi connectivity index (χ1) is 13.8. The molecule has 0 unspecified atom stereocenters. The third-order valence-electron chi connectivity index (χ3n) is 3.62. The van der Waals surface area contributed by atoms with Crippen molar-refractivity contribution in [3.63, 3.8) is 0 Å². The van der Waals surface area contributed by atoms with Gasteiger partial charge in [-0.3, -0.25) is 9.52 Å². The van der Waals surface area contributed by atoms with E-state index < -0.39 is 10.0 Å². The van der Waals surface area contributed by atoms with Gasteiger partial charge in [-0.05, 0) is 60.2 Å². The lowest BCUT2D eigenvalue weighted by Crippen LogP contribution is -2.14. The van der Waals surface area contributed by atoms with E-state index in [0.717, 1.165) is 5.56 Å². The molecule has 1 aromatic heterocycles. The van der Waals surface area contributed by atoms with Crippen LogP contribution in [0.2, 0.25) is 5.15 Å². The van der Waals surface area contributed by atoms with Gasteiger partial charge in [0.2, 0.25) is 5.91 Å². The van der Waals surface area contributed by atoms with Crippen molar-refractivity contribution in [2.24, 2.45) is 0 Å². The van der Waals surface area contributed by atoms with E-state index in [1.807, 2.05) is 0 Å². The first-order valence-electron chi connectivity index (χ1n) is 8.22. The summed E-state index contributed by atoms with van der Waals surface area (Å²) in [6, 6.07) is 14.8. The molecule has 29 heavy (non-hydrogen) atoms. The lowest BCUT2D eigenvalue weighted by Gasteiger charge is -2.08. The molecular formula is C19H15ClN4O4S. The average molecular weight is 431 g/mol. The van der Waals surface area contributed by atoms with Gasteiger partial charge in [0.25, 0.3) is 10.0 Å². The molecule has 0 atom stereocenters. The minimum Gasteiger partial charge on any atom is -0.508 e. The first-order valence-corrected chi connectivity index (χ1v) is 10.1. The van der Waals surface area contributed by atoms with Gasteiger partial charge in [-0.2, -0.15) is 0 Å². The van der Waals surface area contributed by atoms with Crippen LogP contribution in [0.4, 0.5) is 11.5 Å². The number of carbonyl (C=O) groups is 1. The van der Waals surface area contributed by atoms with Gasteiger partial charge >= 0.3 is 0 Å². The summed E-state index contributed by atoms with van der Waals surface area (Å²) < 4.78 is 27.0. The number of sulfonamides is 1. The Hall–Kier alpha value is -3.43. The highest BCUT2D eigenvalue weighted by molar-refractivity contribution is 7.92. The largest absolute Gasteiger partial charge is 0.508 e. The molecule has 0 saturated heterocycles. The van der Waals surface area contributed by atoms with Gasteiger partial charge in [0, 0.05) is 11.8 Å². The van der Waals surface area contributed by atoms with E-state index in [1.165, 1.54) is 54.6 Å². The molecule has 0 aliphatic carbocycles. The normalized spacial score (nSPS) is 11.3. The number of benzene rings is 2. The quantitative estimate of drug-likeness (QED) is 0.516. The van der Waals surface area contributed by atoms with Gasteiger partial charge in [-0.15, -0.1) is 10.2 Å². The van der Waals surface area contributed by atoms with Gasteiger partial charge < -0.3 is 10.4 Å². The maximum Gasteiger partial charge on any atom is 0.263 e. The maximum absolute atomic E-state index is 12.4. The van der Waals surface area contributed by atoms with Crippen LogP contribution in [-0.2, 0) is 14.8 Å². The predicted octanol–water partition coefficient (Wildman–Crippen LogP) is 3.29. The zero-order chi connectivity index (χ0) is 20.9. The number of nitrogens with zero attached hydrogens (tertiary/aromatic N) is 2. The fourth-order valence-electron chi connectivity index (χ4n) is 2.23. The smallest absolute Gasteiger partial charge is 0.263 e. The molecule has 0 bridgehead atoms. The summed E-state index contributed by atoms with van der Waals surface area (Å²) >= 11 is 5.62. The standard InChI is InChI=1S/C19H15ClN4O4S/c20-17-10-11-18(23-22-17)24-29(27,28)16-8-4-14(5-9-16)21-19(26)12-3-13-1-6-15(25)7-2-13/h1-12,25H,(H,21,26)(H,23,24)/b12-3+. The van der Waals surface area contributed by atoms with Crippen LogP contribution in [0.3, 0.4) is 0 Å². The minimum absolute atomic E-state index is 0.00751. The minimum atomic E-state index is -3.86. The molecule has 3 aromatic rings. The fourth-order valence-corrected chi connectivity index (χ4v) is 3.32. The van der Waals surface area contributed by atoms with E-state index >= 15 is 0 Å². The summed E-state index contributed by atoms with van der Waals surface area (Å²) in [6.45, 7) is 0. The van der Waals surface area contributed by atoms with Crippen LogP contribution in [0.15, 0.2) is 71.6 Å². The SMILES string of the molecule is O=C(/C=C/c1ccc(O)cc1)Nc1ccc(S(=O)(=O)Nc2ccc(Cl)nn2)cc1. The highest BCUT2D eigenvalue weighted by atomic mass is 35.5. The fraction of sp³-hybridized carbons (Fsp3) is 0. The molecule has 0 fully saturated rings. The van der Waals surface area contributed by atoms with Crippen molar-refractivity contribution in [3.05, 3.63) is 77.5 Å². The van der Waals surface area contributed by atoms with Crippen molar-refractivity contribution in [2.45, 2.75) is 4.90 Å². The molecule has 0 saturated carbocycles. The van der Waals surface area contributed by atoms with Crippen LogP contribution in [-0.4, -0.2) is 29.6 Å². The third kappa shape index (κ3) is 5.77. The number of rotatable bonds is 6. The second-order valence-electron chi connectivity index (χ2n) is 5.79. The van der Waals surface area contributed by atoms with Crippen LogP contribution >= 0.6 is 11.6 Å². The van der Waals surface area contributed by atoms with Gasteiger partial charge in [0.1, 0.15) is 5.75 Å². The summed E-state index contributed by atoms with van der Waals surface area (Å²) in [5.74, 6) is -0.214. The number of phenolic OH excluding ortho intramolecular Hbond substituents is 1. The van der Waals surface area contributed by atoms with Gasteiger partial charge in [0.05, 0.1) is 4.90 Å². The Labute approximate surface area is 171 Å². The Balaban J connectivity index is 1.63. The average Bonchev–Trinajstić information content (AvgIpc) is 2.70. The molecule has 3 N–H and O–H groups in total. The summed E-state index contributed by atoms with van der Waals surface area (Å²) in [5.41, 5.74) is 1.17. The Morgan fingerprint density at radius 1 is 0.966 bits per heavy atom. The molecule has 148 valence electrons. The monoisotopic (exact) mass is 430 g/mol. The van der Waals surface area contributed by atoms with E-state index in [-0.39, 0.29) is 27.5 Å². The molecule has 0 aliphatic rings. The topological polar surface area (TPSA) is 121 Å². The molecule has 0 spiro atoms. The number of carbonyl (C=O) groups excluding carboxylic acids is 1. The molecule has 0 radical (unpaired) electrons. The number of aromatic nitrogens is 2. The van der Waals surface area contributed by atoms with Crippen molar-refractivity contribution in [1.82, 2.24) is 10.2 Å². The number of amides is 1. The highest BCUT2D eigenvalue weighted by Gasteiger charge is 2.15. The molecular weight excluding hydrogens is 416 g/mol. The van der Waals surface area contributed by atoms with Crippen molar-refractivity contribution in [3.8, 4) is 5.75 Å². The second kappa shape index (κ2) is 8.72. The van der Waals surface area contributed by atoms with Gasteiger partial charge in [0.15, 0.2) is 11.0 Å². The molecule has 10 heteroatoms. The molecule has 0 aliphatic heterocycles. The molecule has 3 rings (SSSR count). The molecule has 2 aromatic carbocycles. The first kappa shape index (κ1) is 20.3. The number of hydrogen-bond acceptors (Lipinski definition) is 6. The number of nitrogens with one attached hydrogen (secondary N) is 2. The Morgan fingerprint density at radius 2 is 1.66 bits per heavy atom. The molecule has 1 amide bonds. The molecule has 1 heterocycles. The Morgan fingerprint density at radius 3 is 2.28 bits per heavy atom. The zero-order valence-corrected chi connectivity index (χ0v) is 16.4. The van der Waals surface area contributed by atoms with Crippen molar-refractivity contribution in [1.29, 1.82) is 0 Å². The number of hydrogen-bond donors (Lipinski definition) is 3. The zero-order valence-electron chi connectivity index (χ0n) is 14.8. The Bertz CT molecular complexity index is 1130. The summed E-state index contributed by atoms with van der Waals surface area (Å²) in [7, 11) is -3.86. The lowest BCUT2D eigenvalue weighted by atomic mass is 10.2. The maximum atomic E-state index is 12.4. The highest BCUT2D eigenvalue weighted by Crippen LogP contribution is 2.18. The lowest BCUT2D eigenvalue weighted by molar-refractivity contribution is -0.111. The van der Waals surface area contributed by atoms with Gasteiger partial charge in [-0.25, -0.2) is 8.42 Å². The summed E-state index contributed by atoms with van der Waals surface area (Å²) in [6.07, 6.45) is 2.92. The van der Waals surface area contributed by atoms with Crippen molar-refractivity contribution < 1.29 is 18.3 Å². The number of halogens is 1. The third-order valence-corrected chi connectivity index (χ3v) is 5.20. The predicted molar refractivity (Wildman–Crippen MR) is 110 cm³/mol. The van der Waals surface area contributed by atoms with Crippen LogP contribution in [0.1, 0.15) is 5.56 Å². The van der Waals surface area contributed by atoms with E-state index in [0.29, 0.717) is 5.69 Å². The van der Waals surface area contributed by atoms with E-state index in [9.17, 15) is 18.3 Å². The van der Waals surface area contributed by atoms with Crippen LogP contribution < -0.4 is 10.0 Å². The van der Waals surface area contributed by atoms with E-state index in [2.05, 4.69) is 20.2 Å². The number of anilines is 2.